The molecular formula is C25H21ClN2O4. The van der Waals surface area contributed by atoms with Gasteiger partial charge in [0.25, 0.3) is 0 Å². The van der Waals surface area contributed by atoms with Crippen LogP contribution in [0, 0.1) is 0 Å². The summed E-state index contributed by atoms with van der Waals surface area (Å²) in [5, 5.41) is 1.67. The van der Waals surface area contributed by atoms with Crippen molar-refractivity contribution in [2.24, 2.45) is 0 Å². The van der Waals surface area contributed by atoms with Crippen molar-refractivity contribution in [2.45, 2.75) is 19.3 Å². The molecule has 0 fully saturated rings. The van der Waals surface area contributed by atoms with Crippen molar-refractivity contribution in [2.75, 3.05) is 7.11 Å². The fraction of sp³-hybridized carbons (Fsp3) is 0.160. The van der Waals surface area contributed by atoms with E-state index in [2.05, 4.69) is 14.7 Å². The van der Waals surface area contributed by atoms with E-state index in [1.54, 1.807) is 30.5 Å². The molecule has 6 nitrogen and oxygen atoms in total. The number of methoxy groups -OCH3 is 1. The van der Waals surface area contributed by atoms with E-state index in [1.807, 2.05) is 36.4 Å². The molecule has 0 spiro atoms. The normalized spacial score (nSPS) is 10.8. The summed E-state index contributed by atoms with van der Waals surface area (Å²) in [5.74, 6) is -0.394. The lowest BCUT2D eigenvalue weighted by atomic mass is 10.0. The molecule has 0 aliphatic heterocycles. The monoisotopic (exact) mass is 448 g/mol. The van der Waals surface area contributed by atoms with E-state index in [-0.39, 0.29) is 12.4 Å². The Bertz CT molecular complexity index is 1250. The molecule has 32 heavy (non-hydrogen) atoms. The second kappa shape index (κ2) is 9.66. The summed E-state index contributed by atoms with van der Waals surface area (Å²) < 4.78 is 10.1. The zero-order valence-electron chi connectivity index (χ0n) is 17.4. The Morgan fingerprint density at radius 1 is 1.06 bits per heavy atom. The van der Waals surface area contributed by atoms with Gasteiger partial charge in [0.2, 0.25) is 0 Å². The number of hydrogen-bond donors (Lipinski definition) is 1. The number of carbonyl (C=O) groups excluding carboxylic acids is 2. The van der Waals surface area contributed by atoms with Gasteiger partial charge in [0.1, 0.15) is 5.75 Å². The highest BCUT2D eigenvalue weighted by molar-refractivity contribution is 6.31. The number of halogens is 1. The molecule has 0 saturated carbocycles. The van der Waals surface area contributed by atoms with E-state index in [0.29, 0.717) is 29.2 Å². The fourth-order valence-corrected chi connectivity index (χ4v) is 3.75. The van der Waals surface area contributed by atoms with Gasteiger partial charge in [0.05, 0.1) is 24.1 Å². The number of nitrogens with zero attached hydrogens (tertiary/aromatic N) is 1. The van der Waals surface area contributed by atoms with Crippen LogP contribution in [-0.4, -0.2) is 29.0 Å². The Morgan fingerprint density at radius 3 is 2.59 bits per heavy atom. The Morgan fingerprint density at radius 2 is 1.88 bits per heavy atom. The van der Waals surface area contributed by atoms with Crippen LogP contribution in [0.15, 0.2) is 66.9 Å². The lowest BCUT2D eigenvalue weighted by Crippen LogP contribution is -2.08. The molecule has 0 radical (unpaired) electrons. The Hall–Kier alpha value is -3.64. The first-order valence-electron chi connectivity index (χ1n) is 10.2. The van der Waals surface area contributed by atoms with Gasteiger partial charge in [-0.05, 0) is 73.0 Å². The van der Waals surface area contributed by atoms with Crippen molar-refractivity contribution in [3.63, 3.8) is 0 Å². The van der Waals surface area contributed by atoms with Crippen molar-refractivity contribution >= 4 is 34.4 Å². The summed E-state index contributed by atoms with van der Waals surface area (Å²) in [6, 6.07) is 17.7. The quantitative estimate of drug-likeness (QED) is 0.294. The van der Waals surface area contributed by atoms with Crippen LogP contribution in [-0.2, 0) is 16.0 Å². The van der Waals surface area contributed by atoms with Crippen LogP contribution in [0.3, 0.4) is 0 Å². The maximum atomic E-state index is 12.3. The third-order valence-corrected chi connectivity index (χ3v) is 5.34. The van der Waals surface area contributed by atoms with Crippen LogP contribution in [0.25, 0.3) is 22.3 Å². The third kappa shape index (κ3) is 4.81. The molecule has 0 saturated heterocycles. The molecule has 0 amide bonds. The first kappa shape index (κ1) is 21.6. The van der Waals surface area contributed by atoms with Gasteiger partial charge in [-0.25, -0.2) is 4.79 Å². The summed E-state index contributed by atoms with van der Waals surface area (Å²) in [6.45, 7) is 0. The minimum atomic E-state index is -0.439. The van der Waals surface area contributed by atoms with Crippen molar-refractivity contribution < 1.29 is 19.1 Å². The van der Waals surface area contributed by atoms with Crippen LogP contribution in [0.4, 0.5) is 0 Å². The zero-order chi connectivity index (χ0) is 22.5. The lowest BCUT2D eigenvalue weighted by molar-refractivity contribution is -0.134. The number of pyridine rings is 1. The predicted molar refractivity (Wildman–Crippen MR) is 123 cm³/mol. The number of fused-ring (bicyclic) bond motifs is 1. The molecule has 0 aliphatic carbocycles. The number of carbonyl (C=O) groups is 2. The molecular weight excluding hydrogens is 428 g/mol. The number of nitrogens with one attached hydrogen (secondary N) is 1. The summed E-state index contributed by atoms with van der Waals surface area (Å²) in [4.78, 5) is 31.7. The third-order valence-electron chi connectivity index (χ3n) is 5.10. The average Bonchev–Trinajstić information content (AvgIpc) is 3.17. The molecule has 0 unspecified atom stereocenters. The number of aromatic nitrogens is 2. The van der Waals surface area contributed by atoms with Gasteiger partial charge in [0, 0.05) is 28.5 Å². The SMILES string of the molecule is COC(=O)c1ccc(OC(=O)CCCc2c(-c3ccccn3)[nH]c3ccc(Cl)cc23)cc1. The van der Waals surface area contributed by atoms with E-state index < -0.39 is 5.97 Å². The second-order valence-corrected chi connectivity index (χ2v) is 7.66. The molecule has 2 aromatic carbocycles. The van der Waals surface area contributed by atoms with Crippen LogP contribution in [0.2, 0.25) is 5.02 Å². The highest BCUT2D eigenvalue weighted by Gasteiger charge is 2.15. The lowest BCUT2D eigenvalue weighted by Gasteiger charge is -2.07. The standard InChI is InChI=1S/C25H21ClN2O4/c1-31-25(30)16-8-11-18(12-9-16)32-23(29)7-4-5-19-20-15-17(26)10-13-21(20)28-24(19)22-6-2-3-14-27-22/h2-3,6,8-15,28H,4-5,7H2,1H3. The molecule has 2 heterocycles. The summed E-state index contributed by atoms with van der Waals surface area (Å²) >= 11 is 6.23. The molecule has 1 N–H and O–H groups in total. The van der Waals surface area contributed by atoms with Gasteiger partial charge in [-0.1, -0.05) is 17.7 Å². The Balaban J connectivity index is 1.45. The number of aromatic amines is 1. The number of H-pyrrole nitrogens is 1. The molecule has 4 aromatic rings. The number of rotatable bonds is 7. The minimum Gasteiger partial charge on any atom is -0.465 e. The molecule has 0 atom stereocenters. The van der Waals surface area contributed by atoms with Gasteiger partial charge >= 0.3 is 11.9 Å². The van der Waals surface area contributed by atoms with E-state index >= 15 is 0 Å². The van der Waals surface area contributed by atoms with Crippen LogP contribution in [0.1, 0.15) is 28.8 Å². The summed E-state index contributed by atoms with van der Waals surface area (Å²) in [7, 11) is 1.32. The number of esters is 2. The van der Waals surface area contributed by atoms with Crippen molar-refractivity contribution in [1.29, 1.82) is 0 Å². The van der Waals surface area contributed by atoms with Gasteiger partial charge in [-0.3, -0.25) is 9.78 Å². The number of aryl methyl sites for hydroxylation is 1. The maximum Gasteiger partial charge on any atom is 0.337 e. The number of hydrogen-bond acceptors (Lipinski definition) is 5. The van der Waals surface area contributed by atoms with Crippen molar-refractivity contribution in [3.05, 3.63) is 83.0 Å². The predicted octanol–water partition coefficient (Wildman–Crippen LogP) is 5.60. The van der Waals surface area contributed by atoms with Gasteiger partial charge < -0.3 is 14.5 Å². The Labute approximate surface area is 190 Å². The first-order chi connectivity index (χ1) is 15.5. The van der Waals surface area contributed by atoms with Crippen molar-refractivity contribution in [3.8, 4) is 17.1 Å². The topological polar surface area (TPSA) is 81.3 Å². The highest BCUT2D eigenvalue weighted by atomic mass is 35.5. The first-order valence-corrected chi connectivity index (χ1v) is 10.5. The Kier molecular flexibility index (Phi) is 6.52. The fourth-order valence-electron chi connectivity index (χ4n) is 3.58. The molecule has 0 bridgehead atoms. The highest BCUT2D eigenvalue weighted by Crippen LogP contribution is 2.32. The van der Waals surface area contributed by atoms with Gasteiger partial charge in [-0.15, -0.1) is 0 Å². The molecule has 162 valence electrons. The van der Waals surface area contributed by atoms with E-state index in [1.165, 1.54) is 7.11 Å². The molecule has 7 heteroatoms. The molecule has 2 aromatic heterocycles. The summed E-state index contributed by atoms with van der Waals surface area (Å²) in [6.07, 6.45) is 3.25. The number of benzene rings is 2. The van der Waals surface area contributed by atoms with Gasteiger partial charge in [-0.2, -0.15) is 0 Å². The van der Waals surface area contributed by atoms with Crippen LogP contribution in [0.5, 0.6) is 5.75 Å². The van der Waals surface area contributed by atoms with Crippen molar-refractivity contribution in [1.82, 2.24) is 9.97 Å². The van der Waals surface area contributed by atoms with Crippen LogP contribution < -0.4 is 4.74 Å². The largest absolute Gasteiger partial charge is 0.465 e. The van der Waals surface area contributed by atoms with Gasteiger partial charge in [0.15, 0.2) is 0 Å². The smallest absolute Gasteiger partial charge is 0.337 e. The second-order valence-electron chi connectivity index (χ2n) is 7.23. The molecule has 4 rings (SSSR count). The van der Waals surface area contributed by atoms with E-state index in [4.69, 9.17) is 16.3 Å². The summed E-state index contributed by atoms with van der Waals surface area (Å²) in [5.41, 5.74) is 4.19. The molecule has 0 aliphatic rings. The maximum absolute atomic E-state index is 12.3. The minimum absolute atomic E-state index is 0.244. The number of ether oxygens (including phenoxy) is 2. The van der Waals surface area contributed by atoms with E-state index in [9.17, 15) is 9.59 Å². The van der Waals surface area contributed by atoms with E-state index in [0.717, 1.165) is 27.9 Å². The average molecular weight is 449 g/mol. The zero-order valence-corrected chi connectivity index (χ0v) is 18.2. The van der Waals surface area contributed by atoms with Crippen LogP contribution >= 0.6 is 11.6 Å².